The number of anilines is 2. The van der Waals surface area contributed by atoms with E-state index in [9.17, 15) is 4.79 Å². The molecule has 1 fully saturated rings. The van der Waals surface area contributed by atoms with Gasteiger partial charge in [-0.25, -0.2) is 0 Å². The maximum atomic E-state index is 10.7. The second-order valence-electron chi connectivity index (χ2n) is 5.38. The molecule has 0 saturated carbocycles. The Morgan fingerprint density at radius 2 is 2.10 bits per heavy atom. The second kappa shape index (κ2) is 7.02. The average molecular weight is 278 g/mol. The number of carbonyl (C=O) groups excluding carboxylic acids is 1. The van der Waals surface area contributed by atoms with Crippen LogP contribution in [0.15, 0.2) is 6.20 Å². The Labute approximate surface area is 119 Å². The van der Waals surface area contributed by atoms with Gasteiger partial charge in [-0.2, -0.15) is 10.1 Å². The normalized spacial score (nSPS) is 15.6. The van der Waals surface area contributed by atoms with Crippen molar-refractivity contribution in [3.8, 4) is 0 Å². The Bertz CT molecular complexity index is 431. The summed E-state index contributed by atoms with van der Waals surface area (Å²) in [5.41, 5.74) is 0. The molecule has 0 aliphatic carbocycles. The van der Waals surface area contributed by atoms with Gasteiger partial charge >= 0.3 is 0 Å². The summed E-state index contributed by atoms with van der Waals surface area (Å²) in [5, 5.41) is 11.3. The van der Waals surface area contributed by atoms with E-state index >= 15 is 0 Å². The molecule has 1 aliphatic heterocycles. The van der Waals surface area contributed by atoms with Crippen molar-refractivity contribution >= 4 is 18.2 Å². The predicted molar refractivity (Wildman–Crippen MR) is 77.6 cm³/mol. The minimum Gasteiger partial charge on any atom is -0.369 e. The van der Waals surface area contributed by atoms with Crippen LogP contribution in [0, 0.1) is 5.92 Å². The zero-order chi connectivity index (χ0) is 14.4. The summed E-state index contributed by atoms with van der Waals surface area (Å²) in [6, 6.07) is 0. The van der Waals surface area contributed by atoms with Crippen molar-refractivity contribution in [1.29, 1.82) is 0 Å². The maximum absolute atomic E-state index is 10.7. The van der Waals surface area contributed by atoms with Crippen molar-refractivity contribution < 1.29 is 4.79 Å². The van der Waals surface area contributed by atoms with Crippen LogP contribution in [0.25, 0.3) is 0 Å². The molecule has 0 unspecified atom stereocenters. The lowest BCUT2D eigenvalue weighted by molar-refractivity contribution is -0.118. The van der Waals surface area contributed by atoms with E-state index in [1.54, 1.807) is 11.1 Å². The Kier molecular flexibility index (Phi) is 5.09. The molecule has 0 aromatic carbocycles. The molecule has 0 radical (unpaired) electrons. The Balaban J connectivity index is 1.90. The van der Waals surface area contributed by atoms with Crippen LogP contribution in [0.5, 0.6) is 0 Å². The first-order valence-electron chi connectivity index (χ1n) is 7.07. The van der Waals surface area contributed by atoms with E-state index in [1.807, 2.05) is 0 Å². The van der Waals surface area contributed by atoms with Crippen molar-refractivity contribution in [2.24, 2.45) is 5.92 Å². The molecular weight excluding hydrogens is 256 g/mol. The number of piperazine rings is 1. The van der Waals surface area contributed by atoms with Crippen molar-refractivity contribution in [2.75, 3.05) is 42.9 Å². The van der Waals surface area contributed by atoms with Gasteiger partial charge in [0.2, 0.25) is 12.4 Å². The number of rotatable bonds is 6. The van der Waals surface area contributed by atoms with Crippen LogP contribution in [-0.4, -0.2) is 59.2 Å². The molecule has 7 heteroatoms. The molecule has 20 heavy (non-hydrogen) atoms. The first kappa shape index (κ1) is 14.5. The molecule has 1 amide bonds. The van der Waals surface area contributed by atoms with E-state index in [0.717, 1.165) is 38.3 Å². The topological polar surface area (TPSA) is 74.2 Å². The van der Waals surface area contributed by atoms with Gasteiger partial charge in [-0.15, -0.1) is 5.10 Å². The summed E-state index contributed by atoms with van der Waals surface area (Å²) in [6.45, 7) is 8.17. The summed E-state index contributed by atoms with van der Waals surface area (Å²) in [5.74, 6) is 2.05. The summed E-state index contributed by atoms with van der Waals surface area (Å²) in [6.07, 6.45) is 3.63. The van der Waals surface area contributed by atoms with Crippen LogP contribution in [0.1, 0.15) is 20.3 Å². The van der Waals surface area contributed by atoms with E-state index in [1.165, 1.54) is 0 Å². The predicted octanol–water partition coefficient (Wildman–Crippen LogP) is 0.608. The first-order chi connectivity index (χ1) is 9.69. The molecule has 2 rings (SSSR count). The van der Waals surface area contributed by atoms with Crippen LogP contribution in [-0.2, 0) is 4.79 Å². The molecule has 1 aliphatic rings. The maximum Gasteiger partial charge on any atom is 0.247 e. The zero-order valence-corrected chi connectivity index (χ0v) is 12.1. The van der Waals surface area contributed by atoms with Crippen LogP contribution in [0.3, 0.4) is 0 Å². The minimum atomic E-state index is 0.630. The highest BCUT2D eigenvalue weighted by Gasteiger charge is 2.18. The fourth-order valence-electron chi connectivity index (χ4n) is 2.03. The molecular formula is C13H22N6O. The third kappa shape index (κ3) is 4.04. The van der Waals surface area contributed by atoms with Crippen LogP contribution < -0.4 is 10.2 Å². The van der Waals surface area contributed by atoms with E-state index in [0.29, 0.717) is 25.0 Å². The van der Waals surface area contributed by atoms with Gasteiger partial charge in [0.1, 0.15) is 0 Å². The van der Waals surface area contributed by atoms with Gasteiger partial charge in [-0.05, 0) is 12.3 Å². The summed E-state index contributed by atoms with van der Waals surface area (Å²) in [4.78, 5) is 19.0. The number of nitrogens with zero attached hydrogens (tertiary/aromatic N) is 5. The second-order valence-corrected chi connectivity index (χ2v) is 5.38. The van der Waals surface area contributed by atoms with E-state index in [4.69, 9.17) is 0 Å². The van der Waals surface area contributed by atoms with Gasteiger partial charge in [0.25, 0.3) is 0 Å². The number of amides is 1. The van der Waals surface area contributed by atoms with Gasteiger partial charge in [0, 0.05) is 32.7 Å². The van der Waals surface area contributed by atoms with E-state index in [-0.39, 0.29) is 0 Å². The quantitative estimate of drug-likeness (QED) is 0.768. The molecule has 7 nitrogen and oxygen atoms in total. The molecule has 1 aromatic rings. The molecule has 1 saturated heterocycles. The van der Waals surface area contributed by atoms with E-state index in [2.05, 4.69) is 39.2 Å². The number of nitrogens with one attached hydrogen (secondary N) is 1. The fraction of sp³-hybridized carbons (Fsp3) is 0.692. The molecule has 0 bridgehead atoms. The highest BCUT2D eigenvalue weighted by Crippen LogP contribution is 2.12. The number of aromatic nitrogens is 3. The molecule has 0 spiro atoms. The highest BCUT2D eigenvalue weighted by molar-refractivity contribution is 5.48. The van der Waals surface area contributed by atoms with Crippen molar-refractivity contribution in [3.63, 3.8) is 0 Å². The van der Waals surface area contributed by atoms with Gasteiger partial charge in [0.05, 0.1) is 6.20 Å². The Morgan fingerprint density at radius 3 is 2.75 bits per heavy atom. The summed E-state index contributed by atoms with van der Waals surface area (Å²) >= 11 is 0. The molecule has 1 N–H and O–H groups in total. The van der Waals surface area contributed by atoms with Crippen LogP contribution >= 0.6 is 0 Å². The van der Waals surface area contributed by atoms with Crippen LogP contribution in [0.4, 0.5) is 11.8 Å². The first-order valence-corrected chi connectivity index (χ1v) is 7.07. The van der Waals surface area contributed by atoms with Crippen LogP contribution in [0.2, 0.25) is 0 Å². The van der Waals surface area contributed by atoms with Crippen molar-refractivity contribution in [2.45, 2.75) is 20.3 Å². The van der Waals surface area contributed by atoms with Gasteiger partial charge in [-0.1, -0.05) is 13.8 Å². The largest absolute Gasteiger partial charge is 0.369 e. The Hall–Kier alpha value is -1.92. The van der Waals surface area contributed by atoms with Crippen molar-refractivity contribution in [1.82, 2.24) is 20.1 Å². The lowest BCUT2D eigenvalue weighted by Crippen LogP contribution is -2.46. The number of carbonyl (C=O) groups is 1. The summed E-state index contributed by atoms with van der Waals surface area (Å²) in [7, 11) is 0. The standard InChI is InChI=1S/C13H22N6O/c1-11(2)3-4-14-12-9-15-17-13(16-12)19-7-5-18(10-20)6-8-19/h9-11H,3-8H2,1-2H3,(H,14,16,17). The SMILES string of the molecule is CC(C)CCNc1cnnc(N2CCN(C=O)CC2)n1. The van der Waals surface area contributed by atoms with Gasteiger partial charge in [0.15, 0.2) is 5.82 Å². The molecule has 110 valence electrons. The smallest absolute Gasteiger partial charge is 0.247 e. The number of hydrogen-bond donors (Lipinski definition) is 1. The number of hydrogen-bond acceptors (Lipinski definition) is 6. The fourth-order valence-corrected chi connectivity index (χ4v) is 2.03. The highest BCUT2D eigenvalue weighted by atomic mass is 16.1. The molecule has 2 heterocycles. The minimum absolute atomic E-state index is 0.630. The monoisotopic (exact) mass is 278 g/mol. The lowest BCUT2D eigenvalue weighted by Gasteiger charge is -2.32. The van der Waals surface area contributed by atoms with Gasteiger partial charge < -0.3 is 15.1 Å². The summed E-state index contributed by atoms with van der Waals surface area (Å²) < 4.78 is 0. The van der Waals surface area contributed by atoms with Gasteiger partial charge in [-0.3, -0.25) is 4.79 Å². The lowest BCUT2D eigenvalue weighted by atomic mass is 10.1. The molecule has 0 atom stereocenters. The van der Waals surface area contributed by atoms with E-state index < -0.39 is 0 Å². The third-order valence-corrected chi connectivity index (χ3v) is 3.32. The Morgan fingerprint density at radius 1 is 1.35 bits per heavy atom. The van der Waals surface area contributed by atoms with Crippen molar-refractivity contribution in [3.05, 3.63) is 6.20 Å². The molecule has 1 aromatic heterocycles. The zero-order valence-electron chi connectivity index (χ0n) is 12.1. The average Bonchev–Trinajstić information content (AvgIpc) is 2.47. The third-order valence-electron chi connectivity index (χ3n) is 3.32.